The number of nitrogens with zero attached hydrogens (tertiary/aromatic N) is 1. The van der Waals surface area contributed by atoms with Gasteiger partial charge in [0.1, 0.15) is 0 Å². The zero-order valence-corrected chi connectivity index (χ0v) is 11.4. The molecule has 0 aliphatic heterocycles. The number of hydrogen-bond donors (Lipinski definition) is 1. The van der Waals surface area contributed by atoms with E-state index in [1.165, 1.54) is 5.56 Å². The van der Waals surface area contributed by atoms with Crippen LogP contribution in [0.2, 0.25) is 0 Å². The fourth-order valence-electron chi connectivity index (χ4n) is 2.89. The van der Waals surface area contributed by atoms with Gasteiger partial charge in [-0.05, 0) is 43.7 Å². The van der Waals surface area contributed by atoms with Crippen LogP contribution in [-0.4, -0.2) is 10.1 Å². The fourth-order valence-corrected chi connectivity index (χ4v) is 2.89. The van der Waals surface area contributed by atoms with Crippen LogP contribution < -0.4 is 0 Å². The van der Waals surface area contributed by atoms with Gasteiger partial charge in [0.25, 0.3) is 0 Å². The molecule has 1 aromatic heterocycles. The van der Waals surface area contributed by atoms with Gasteiger partial charge >= 0.3 is 0 Å². The summed E-state index contributed by atoms with van der Waals surface area (Å²) < 4.78 is 0. The van der Waals surface area contributed by atoms with Gasteiger partial charge in [0.15, 0.2) is 0 Å². The van der Waals surface area contributed by atoms with Crippen LogP contribution in [0.4, 0.5) is 0 Å². The lowest BCUT2D eigenvalue weighted by Gasteiger charge is -2.13. The quantitative estimate of drug-likeness (QED) is 0.907. The first-order valence-corrected chi connectivity index (χ1v) is 6.84. The number of aryl methyl sites for hydroxylation is 2. The summed E-state index contributed by atoms with van der Waals surface area (Å²) in [6.07, 6.45) is 0.677. The molecule has 0 amide bonds. The minimum absolute atomic E-state index is 0.339. The zero-order valence-electron chi connectivity index (χ0n) is 11.4. The number of pyridine rings is 1. The molecule has 3 atom stereocenters. The molecule has 98 valence electrons. The number of aliphatic hydroxyl groups excluding tert-OH is 1. The van der Waals surface area contributed by atoms with E-state index in [4.69, 9.17) is 0 Å². The molecule has 1 aliphatic rings. The van der Waals surface area contributed by atoms with Crippen molar-refractivity contribution < 1.29 is 5.11 Å². The van der Waals surface area contributed by atoms with Gasteiger partial charge in [0, 0.05) is 17.0 Å². The number of aliphatic hydroxyl groups is 1. The lowest BCUT2D eigenvalue weighted by Crippen LogP contribution is -2.05. The Labute approximate surface area is 114 Å². The van der Waals surface area contributed by atoms with E-state index in [1.54, 1.807) is 0 Å². The second-order valence-electron chi connectivity index (χ2n) is 5.49. The van der Waals surface area contributed by atoms with E-state index in [0.29, 0.717) is 11.8 Å². The number of hydrogen-bond acceptors (Lipinski definition) is 2. The van der Waals surface area contributed by atoms with Gasteiger partial charge in [-0.2, -0.15) is 0 Å². The first-order valence-electron chi connectivity index (χ1n) is 6.84. The molecule has 1 heterocycles. The van der Waals surface area contributed by atoms with Gasteiger partial charge in [0.05, 0.1) is 6.10 Å². The van der Waals surface area contributed by atoms with Crippen LogP contribution in [-0.2, 0) is 0 Å². The van der Waals surface area contributed by atoms with Gasteiger partial charge in [-0.1, -0.05) is 36.4 Å². The summed E-state index contributed by atoms with van der Waals surface area (Å²) in [6.45, 7) is 3.96. The molecule has 19 heavy (non-hydrogen) atoms. The molecule has 1 fully saturated rings. The van der Waals surface area contributed by atoms with Crippen molar-refractivity contribution in [3.8, 4) is 0 Å². The Kier molecular flexibility index (Phi) is 3.11. The molecule has 1 saturated carbocycles. The summed E-state index contributed by atoms with van der Waals surface area (Å²) in [6, 6.07) is 14.5. The van der Waals surface area contributed by atoms with E-state index in [1.807, 2.05) is 32.0 Å². The largest absolute Gasteiger partial charge is 0.388 e. The Morgan fingerprint density at radius 3 is 2.53 bits per heavy atom. The van der Waals surface area contributed by atoms with Crippen molar-refractivity contribution in [3.05, 3.63) is 65.0 Å². The van der Waals surface area contributed by atoms with Crippen LogP contribution >= 0.6 is 0 Å². The lowest BCUT2D eigenvalue weighted by molar-refractivity contribution is 0.150. The van der Waals surface area contributed by atoms with Crippen molar-refractivity contribution >= 4 is 0 Å². The maximum Gasteiger partial charge on any atom is 0.0841 e. The average molecular weight is 253 g/mol. The Bertz CT molecular complexity index is 579. The van der Waals surface area contributed by atoms with Crippen molar-refractivity contribution in [1.82, 2.24) is 4.98 Å². The fraction of sp³-hybridized carbons (Fsp3) is 0.353. The summed E-state index contributed by atoms with van der Waals surface area (Å²) in [5.74, 6) is 0.836. The summed E-state index contributed by atoms with van der Waals surface area (Å²) in [5.41, 5.74) is 4.27. The summed E-state index contributed by atoms with van der Waals surface area (Å²) in [7, 11) is 0. The molecule has 3 unspecified atom stereocenters. The van der Waals surface area contributed by atoms with Gasteiger partial charge in [-0.15, -0.1) is 0 Å². The predicted octanol–water partition coefficient (Wildman–Crippen LogP) is 3.54. The lowest BCUT2D eigenvalue weighted by atomic mass is 10.00. The standard InChI is InChI=1S/C17H19NO/c1-11-8-9-14(12(2)18-11)17(19)16-10-15(16)13-6-4-3-5-7-13/h3-9,15-17,19H,10H2,1-2H3. The molecular weight excluding hydrogens is 234 g/mol. The smallest absolute Gasteiger partial charge is 0.0841 e. The molecule has 0 saturated heterocycles. The Balaban J connectivity index is 1.78. The molecule has 1 aromatic carbocycles. The highest BCUT2D eigenvalue weighted by Crippen LogP contribution is 2.54. The van der Waals surface area contributed by atoms with E-state index in [-0.39, 0.29) is 0 Å². The van der Waals surface area contributed by atoms with E-state index < -0.39 is 6.10 Å². The minimum atomic E-state index is -0.390. The Morgan fingerprint density at radius 1 is 1.11 bits per heavy atom. The first-order chi connectivity index (χ1) is 9.16. The topological polar surface area (TPSA) is 33.1 Å². The van der Waals surface area contributed by atoms with Crippen molar-refractivity contribution in [2.24, 2.45) is 5.92 Å². The Morgan fingerprint density at radius 2 is 1.84 bits per heavy atom. The third-order valence-corrected chi connectivity index (χ3v) is 4.06. The van der Waals surface area contributed by atoms with Gasteiger partial charge < -0.3 is 5.11 Å². The number of aromatic nitrogens is 1. The van der Waals surface area contributed by atoms with E-state index in [9.17, 15) is 5.11 Å². The van der Waals surface area contributed by atoms with Crippen LogP contribution in [0.1, 0.15) is 41.0 Å². The van der Waals surface area contributed by atoms with Crippen LogP contribution in [0.3, 0.4) is 0 Å². The molecule has 0 radical (unpaired) electrons. The molecular formula is C17H19NO. The number of rotatable bonds is 3. The molecule has 2 aromatic rings. The zero-order chi connectivity index (χ0) is 13.4. The molecule has 1 aliphatic carbocycles. The van der Waals surface area contributed by atoms with Crippen LogP contribution in [0.15, 0.2) is 42.5 Å². The highest BCUT2D eigenvalue weighted by molar-refractivity contribution is 5.31. The molecule has 2 nitrogen and oxygen atoms in total. The third kappa shape index (κ3) is 2.41. The van der Waals surface area contributed by atoms with Crippen LogP contribution in [0, 0.1) is 19.8 Å². The van der Waals surface area contributed by atoms with Crippen molar-refractivity contribution in [2.75, 3.05) is 0 Å². The SMILES string of the molecule is Cc1ccc(C(O)C2CC2c2ccccc2)c(C)n1. The van der Waals surface area contributed by atoms with Crippen molar-refractivity contribution in [3.63, 3.8) is 0 Å². The molecule has 3 rings (SSSR count). The third-order valence-electron chi connectivity index (χ3n) is 4.06. The summed E-state index contributed by atoms with van der Waals surface area (Å²) in [4.78, 5) is 4.44. The Hall–Kier alpha value is -1.67. The summed E-state index contributed by atoms with van der Waals surface area (Å²) >= 11 is 0. The highest BCUT2D eigenvalue weighted by Gasteiger charge is 2.44. The monoisotopic (exact) mass is 253 g/mol. The highest BCUT2D eigenvalue weighted by atomic mass is 16.3. The first kappa shape index (κ1) is 12.4. The average Bonchev–Trinajstić information content (AvgIpc) is 3.19. The summed E-state index contributed by atoms with van der Waals surface area (Å²) in [5, 5.41) is 10.5. The number of benzene rings is 1. The predicted molar refractivity (Wildman–Crippen MR) is 76.0 cm³/mol. The maximum absolute atomic E-state index is 10.5. The van der Waals surface area contributed by atoms with Crippen molar-refractivity contribution in [1.29, 1.82) is 0 Å². The molecule has 0 bridgehead atoms. The van der Waals surface area contributed by atoms with E-state index in [0.717, 1.165) is 23.4 Å². The van der Waals surface area contributed by atoms with E-state index in [2.05, 4.69) is 29.2 Å². The minimum Gasteiger partial charge on any atom is -0.388 e. The second-order valence-corrected chi connectivity index (χ2v) is 5.49. The second kappa shape index (κ2) is 4.78. The van der Waals surface area contributed by atoms with Gasteiger partial charge in [-0.25, -0.2) is 0 Å². The molecule has 2 heteroatoms. The van der Waals surface area contributed by atoms with Gasteiger partial charge in [0.2, 0.25) is 0 Å². The van der Waals surface area contributed by atoms with Crippen LogP contribution in [0.5, 0.6) is 0 Å². The van der Waals surface area contributed by atoms with Gasteiger partial charge in [-0.3, -0.25) is 4.98 Å². The molecule has 0 spiro atoms. The van der Waals surface area contributed by atoms with E-state index >= 15 is 0 Å². The maximum atomic E-state index is 10.5. The molecule has 1 N–H and O–H groups in total. The normalized spacial score (nSPS) is 23.1. The van der Waals surface area contributed by atoms with Crippen molar-refractivity contribution in [2.45, 2.75) is 32.3 Å². The van der Waals surface area contributed by atoms with Crippen LogP contribution in [0.25, 0.3) is 0 Å².